The van der Waals surface area contributed by atoms with Crippen molar-refractivity contribution in [2.75, 3.05) is 18.1 Å². The van der Waals surface area contributed by atoms with Crippen molar-refractivity contribution in [3.8, 4) is 11.1 Å². The van der Waals surface area contributed by atoms with Crippen LogP contribution in [0.2, 0.25) is 0 Å². The van der Waals surface area contributed by atoms with Crippen LogP contribution in [0.4, 0.5) is 18.9 Å². The second-order valence-electron chi connectivity index (χ2n) is 9.51. The maximum Gasteiger partial charge on any atom is 0.418 e. The first kappa shape index (κ1) is 26.1. The van der Waals surface area contributed by atoms with E-state index in [-0.39, 0.29) is 36.2 Å². The molecule has 0 N–H and O–H groups in total. The third-order valence-electron chi connectivity index (χ3n) is 6.60. The third-order valence-corrected chi connectivity index (χ3v) is 6.60. The van der Waals surface area contributed by atoms with E-state index in [4.69, 9.17) is 4.74 Å². The minimum absolute atomic E-state index is 0.0245. The van der Waals surface area contributed by atoms with Gasteiger partial charge in [0, 0.05) is 12.6 Å². The molecule has 1 saturated heterocycles. The Labute approximate surface area is 201 Å². The smallest absolute Gasteiger partial charge is 0.418 e. The molecule has 1 aliphatic heterocycles. The van der Waals surface area contributed by atoms with Gasteiger partial charge in [0.25, 0.3) is 0 Å². The van der Waals surface area contributed by atoms with Gasteiger partial charge in [0.15, 0.2) is 0 Å². The topological polar surface area (TPSA) is 29.5 Å². The van der Waals surface area contributed by atoms with Gasteiger partial charge in [-0.15, -0.1) is 0 Å². The second-order valence-corrected chi connectivity index (χ2v) is 9.51. The molecule has 0 saturated carbocycles. The van der Waals surface area contributed by atoms with Crippen molar-refractivity contribution in [1.82, 2.24) is 0 Å². The minimum Gasteiger partial charge on any atom is -0.466 e. The van der Waals surface area contributed by atoms with E-state index < -0.39 is 23.6 Å². The van der Waals surface area contributed by atoms with Gasteiger partial charge in [0.2, 0.25) is 0 Å². The molecule has 6 heteroatoms. The van der Waals surface area contributed by atoms with E-state index in [0.29, 0.717) is 12.1 Å². The van der Waals surface area contributed by atoms with Crippen LogP contribution in [0.5, 0.6) is 0 Å². The molecule has 3 nitrogen and oxygen atoms in total. The number of nitrogens with zero attached hydrogens (tertiary/aromatic N) is 1. The lowest BCUT2D eigenvalue weighted by molar-refractivity contribution is -0.146. The van der Waals surface area contributed by atoms with Crippen molar-refractivity contribution in [2.45, 2.75) is 77.9 Å². The summed E-state index contributed by atoms with van der Waals surface area (Å²) in [4.78, 5) is 14.9. The fraction of sp³-hybridized carbons (Fsp3) is 0.536. The van der Waals surface area contributed by atoms with Crippen LogP contribution in [0.15, 0.2) is 42.5 Å². The standard InChI is InChI=1S/C28H36F3NO2/c1-5-22-14-10-11-15-32(22)25-18-21(20-12-8-7-9-13-20)17-23(26(25)28(29,30)31)24(16-19(3)4)27(33)34-6-2/h7-9,12-13,17-19,22,24H,5-6,10-11,14-16H2,1-4H3. The molecule has 3 rings (SSSR count). The number of esters is 1. The van der Waals surface area contributed by atoms with Crippen molar-refractivity contribution in [2.24, 2.45) is 5.92 Å². The SMILES string of the molecule is CCOC(=O)C(CC(C)C)c1cc(-c2ccccc2)cc(N2CCCCC2CC)c1C(F)(F)F. The van der Waals surface area contributed by atoms with Gasteiger partial charge < -0.3 is 9.64 Å². The Kier molecular flexibility index (Phi) is 8.67. The van der Waals surface area contributed by atoms with Crippen molar-refractivity contribution >= 4 is 11.7 Å². The Morgan fingerprint density at radius 3 is 2.38 bits per heavy atom. The maximum atomic E-state index is 14.8. The number of ether oxygens (including phenoxy) is 1. The van der Waals surface area contributed by atoms with Crippen LogP contribution in [-0.2, 0) is 15.7 Å². The zero-order valence-electron chi connectivity index (χ0n) is 20.6. The van der Waals surface area contributed by atoms with Crippen LogP contribution in [0, 0.1) is 5.92 Å². The maximum absolute atomic E-state index is 14.8. The normalized spacial score (nSPS) is 17.6. The first-order valence-electron chi connectivity index (χ1n) is 12.4. The van der Waals surface area contributed by atoms with Crippen LogP contribution in [-0.4, -0.2) is 25.2 Å². The van der Waals surface area contributed by atoms with Gasteiger partial charge in [-0.2, -0.15) is 13.2 Å². The van der Waals surface area contributed by atoms with Gasteiger partial charge in [-0.05, 0) is 73.8 Å². The molecule has 0 aromatic heterocycles. The molecule has 0 bridgehead atoms. The number of hydrogen-bond donors (Lipinski definition) is 0. The van der Waals surface area contributed by atoms with E-state index in [2.05, 4.69) is 0 Å². The lowest BCUT2D eigenvalue weighted by atomic mass is 9.83. The van der Waals surface area contributed by atoms with Crippen molar-refractivity contribution in [3.05, 3.63) is 53.6 Å². The number of rotatable bonds is 8. The Morgan fingerprint density at radius 1 is 1.09 bits per heavy atom. The Bertz CT molecular complexity index is 956. The minimum atomic E-state index is -4.60. The molecule has 1 aliphatic rings. The molecule has 186 valence electrons. The molecule has 1 fully saturated rings. The molecule has 0 spiro atoms. The van der Waals surface area contributed by atoms with Gasteiger partial charge in [0.05, 0.1) is 23.8 Å². The van der Waals surface area contributed by atoms with Crippen LogP contribution >= 0.6 is 0 Å². The number of carbonyl (C=O) groups is 1. The highest BCUT2D eigenvalue weighted by atomic mass is 19.4. The molecule has 2 atom stereocenters. The fourth-order valence-electron chi connectivity index (χ4n) is 5.06. The fourth-order valence-corrected chi connectivity index (χ4v) is 5.06. The molecular weight excluding hydrogens is 439 g/mol. The Morgan fingerprint density at radius 2 is 1.79 bits per heavy atom. The third kappa shape index (κ3) is 5.94. The molecule has 1 heterocycles. The van der Waals surface area contributed by atoms with Crippen molar-refractivity contribution in [3.63, 3.8) is 0 Å². The highest BCUT2D eigenvalue weighted by Crippen LogP contribution is 2.47. The summed E-state index contributed by atoms with van der Waals surface area (Å²) in [7, 11) is 0. The Hall–Kier alpha value is -2.50. The van der Waals surface area contributed by atoms with E-state index in [1.165, 1.54) is 0 Å². The lowest BCUT2D eigenvalue weighted by Crippen LogP contribution is -2.40. The molecule has 0 radical (unpaired) electrons. The van der Waals surface area contributed by atoms with Crippen LogP contribution in [0.3, 0.4) is 0 Å². The summed E-state index contributed by atoms with van der Waals surface area (Å²) >= 11 is 0. The zero-order chi connectivity index (χ0) is 24.9. The first-order valence-corrected chi connectivity index (χ1v) is 12.4. The molecular formula is C28H36F3NO2. The van der Waals surface area contributed by atoms with E-state index in [1.807, 2.05) is 56.0 Å². The molecule has 34 heavy (non-hydrogen) atoms. The second kappa shape index (κ2) is 11.3. The van der Waals surface area contributed by atoms with Crippen molar-refractivity contribution < 1.29 is 22.7 Å². The zero-order valence-corrected chi connectivity index (χ0v) is 20.6. The van der Waals surface area contributed by atoms with E-state index in [1.54, 1.807) is 19.1 Å². The summed E-state index contributed by atoms with van der Waals surface area (Å²) in [6.45, 7) is 8.24. The highest BCUT2D eigenvalue weighted by Gasteiger charge is 2.42. The average molecular weight is 476 g/mol. The summed E-state index contributed by atoms with van der Waals surface area (Å²) in [5.74, 6) is -1.55. The summed E-state index contributed by atoms with van der Waals surface area (Å²) in [6.07, 6.45) is -0.804. The van der Waals surface area contributed by atoms with Gasteiger partial charge in [-0.25, -0.2) is 0 Å². The number of anilines is 1. The van der Waals surface area contributed by atoms with Crippen LogP contribution in [0.25, 0.3) is 11.1 Å². The van der Waals surface area contributed by atoms with Gasteiger partial charge in [0.1, 0.15) is 0 Å². The van der Waals surface area contributed by atoms with Crippen LogP contribution in [0.1, 0.15) is 76.8 Å². The number of benzene rings is 2. The summed E-state index contributed by atoms with van der Waals surface area (Å²) in [5.41, 5.74) is 1.05. The average Bonchev–Trinajstić information content (AvgIpc) is 2.81. The summed E-state index contributed by atoms with van der Waals surface area (Å²) < 4.78 is 49.7. The predicted molar refractivity (Wildman–Crippen MR) is 131 cm³/mol. The molecule has 2 aromatic rings. The van der Waals surface area contributed by atoms with Crippen LogP contribution < -0.4 is 4.90 Å². The predicted octanol–water partition coefficient (Wildman–Crippen LogP) is 7.83. The largest absolute Gasteiger partial charge is 0.466 e. The molecule has 0 amide bonds. The van der Waals surface area contributed by atoms with Gasteiger partial charge in [-0.1, -0.05) is 51.1 Å². The monoisotopic (exact) mass is 475 g/mol. The van der Waals surface area contributed by atoms with E-state index in [9.17, 15) is 18.0 Å². The van der Waals surface area contributed by atoms with Crippen molar-refractivity contribution in [1.29, 1.82) is 0 Å². The number of alkyl halides is 3. The van der Waals surface area contributed by atoms with Gasteiger partial charge in [-0.3, -0.25) is 4.79 Å². The van der Waals surface area contributed by atoms with E-state index >= 15 is 0 Å². The number of piperidine rings is 1. The lowest BCUT2D eigenvalue weighted by Gasteiger charge is -2.39. The molecule has 2 aromatic carbocycles. The summed E-state index contributed by atoms with van der Waals surface area (Å²) in [5, 5.41) is 0. The summed E-state index contributed by atoms with van der Waals surface area (Å²) in [6, 6.07) is 12.7. The molecule has 2 unspecified atom stereocenters. The Balaban J connectivity index is 2.33. The number of hydrogen-bond acceptors (Lipinski definition) is 3. The highest BCUT2D eigenvalue weighted by molar-refractivity contribution is 5.83. The van der Waals surface area contributed by atoms with E-state index in [0.717, 1.165) is 31.2 Å². The number of carbonyl (C=O) groups excluding carboxylic acids is 1. The quantitative estimate of drug-likeness (QED) is 0.364. The van der Waals surface area contributed by atoms with Gasteiger partial charge >= 0.3 is 12.1 Å². The number of halogens is 3. The first-order chi connectivity index (χ1) is 16.2. The molecule has 0 aliphatic carbocycles.